The molecule has 5 heteroatoms. The van der Waals surface area contributed by atoms with Gasteiger partial charge in [0.05, 0.1) is 23.1 Å². The van der Waals surface area contributed by atoms with Gasteiger partial charge in [0, 0.05) is 0 Å². The molecule has 1 aromatic heterocycles. The SMILES string of the molecule is Cc1cc(N)c(N)c2nsnc12. The van der Waals surface area contributed by atoms with Crippen molar-refractivity contribution in [3.63, 3.8) is 0 Å². The third-order valence-electron chi connectivity index (χ3n) is 1.80. The lowest BCUT2D eigenvalue weighted by molar-refractivity contribution is 1.48. The van der Waals surface area contributed by atoms with Crippen LogP contribution in [-0.2, 0) is 0 Å². The van der Waals surface area contributed by atoms with Gasteiger partial charge in [-0.1, -0.05) is 0 Å². The Hall–Kier alpha value is -1.36. The van der Waals surface area contributed by atoms with Gasteiger partial charge in [-0.15, -0.1) is 0 Å². The van der Waals surface area contributed by atoms with E-state index in [-0.39, 0.29) is 0 Å². The fraction of sp³-hybridized carbons (Fsp3) is 0.143. The number of aromatic nitrogens is 2. The first-order valence-corrected chi connectivity index (χ1v) is 4.20. The smallest absolute Gasteiger partial charge is 0.130 e. The molecule has 62 valence electrons. The van der Waals surface area contributed by atoms with Crippen LogP contribution in [0.15, 0.2) is 6.07 Å². The third-order valence-corrected chi connectivity index (χ3v) is 2.33. The molecule has 2 rings (SSSR count). The molecular weight excluding hydrogens is 172 g/mol. The van der Waals surface area contributed by atoms with Gasteiger partial charge in [-0.05, 0) is 18.6 Å². The predicted molar refractivity (Wildman–Crippen MR) is 51.0 cm³/mol. The van der Waals surface area contributed by atoms with Crippen molar-refractivity contribution in [2.24, 2.45) is 0 Å². The van der Waals surface area contributed by atoms with Crippen LogP contribution in [0, 0.1) is 6.92 Å². The van der Waals surface area contributed by atoms with Crippen LogP contribution in [-0.4, -0.2) is 8.75 Å². The summed E-state index contributed by atoms with van der Waals surface area (Å²) in [4.78, 5) is 0. The van der Waals surface area contributed by atoms with Gasteiger partial charge >= 0.3 is 0 Å². The second-order valence-electron chi connectivity index (χ2n) is 2.66. The summed E-state index contributed by atoms with van der Waals surface area (Å²) in [6.07, 6.45) is 0. The highest BCUT2D eigenvalue weighted by atomic mass is 32.1. The summed E-state index contributed by atoms with van der Waals surface area (Å²) < 4.78 is 8.18. The topological polar surface area (TPSA) is 77.8 Å². The Kier molecular flexibility index (Phi) is 1.41. The Bertz CT molecular complexity index is 434. The summed E-state index contributed by atoms with van der Waals surface area (Å²) in [5, 5.41) is 0. The maximum atomic E-state index is 5.71. The minimum absolute atomic E-state index is 0.532. The lowest BCUT2D eigenvalue weighted by Gasteiger charge is -2.01. The first kappa shape index (κ1) is 7.30. The molecule has 0 saturated heterocycles. The highest BCUT2D eigenvalue weighted by Crippen LogP contribution is 2.27. The Morgan fingerprint density at radius 2 is 1.92 bits per heavy atom. The number of nitrogens with zero attached hydrogens (tertiary/aromatic N) is 2. The minimum Gasteiger partial charge on any atom is -0.397 e. The maximum absolute atomic E-state index is 5.71. The zero-order chi connectivity index (χ0) is 8.72. The number of aryl methyl sites for hydroxylation is 1. The zero-order valence-electron chi connectivity index (χ0n) is 6.53. The van der Waals surface area contributed by atoms with Crippen molar-refractivity contribution in [2.45, 2.75) is 6.92 Å². The standard InChI is InChI=1S/C7H8N4S/c1-3-2-4(8)5(9)7-6(3)10-12-11-7/h2H,8-9H2,1H3. The molecule has 0 amide bonds. The van der Waals surface area contributed by atoms with Crippen LogP contribution in [0.1, 0.15) is 5.56 Å². The summed E-state index contributed by atoms with van der Waals surface area (Å²) in [6.45, 7) is 1.94. The van der Waals surface area contributed by atoms with E-state index >= 15 is 0 Å². The van der Waals surface area contributed by atoms with Gasteiger partial charge < -0.3 is 11.5 Å². The molecule has 0 radical (unpaired) electrons. The van der Waals surface area contributed by atoms with Gasteiger partial charge in [0.15, 0.2) is 0 Å². The maximum Gasteiger partial charge on any atom is 0.130 e. The van der Waals surface area contributed by atoms with Crippen molar-refractivity contribution in [1.29, 1.82) is 0 Å². The average Bonchev–Trinajstić information content (AvgIpc) is 2.48. The van der Waals surface area contributed by atoms with Gasteiger partial charge in [0.25, 0.3) is 0 Å². The van der Waals surface area contributed by atoms with Gasteiger partial charge in [0.2, 0.25) is 0 Å². The van der Waals surface area contributed by atoms with Gasteiger partial charge in [-0.2, -0.15) is 8.75 Å². The van der Waals surface area contributed by atoms with Gasteiger partial charge in [0.1, 0.15) is 11.0 Å². The number of nitrogens with two attached hydrogens (primary N) is 2. The number of hydrogen-bond acceptors (Lipinski definition) is 5. The van der Waals surface area contributed by atoms with Crippen molar-refractivity contribution in [3.05, 3.63) is 11.6 Å². The van der Waals surface area contributed by atoms with Gasteiger partial charge in [-0.3, -0.25) is 0 Å². The molecule has 0 aliphatic rings. The van der Waals surface area contributed by atoms with Crippen molar-refractivity contribution in [1.82, 2.24) is 8.75 Å². The van der Waals surface area contributed by atoms with Gasteiger partial charge in [-0.25, -0.2) is 0 Å². The number of benzene rings is 1. The Morgan fingerprint density at radius 1 is 1.25 bits per heavy atom. The van der Waals surface area contributed by atoms with Crippen LogP contribution in [0.3, 0.4) is 0 Å². The zero-order valence-corrected chi connectivity index (χ0v) is 7.35. The van der Waals surface area contributed by atoms with Crippen LogP contribution in [0.25, 0.3) is 11.0 Å². The van der Waals surface area contributed by atoms with Crippen molar-refractivity contribution >= 4 is 34.1 Å². The first-order valence-electron chi connectivity index (χ1n) is 3.47. The quantitative estimate of drug-likeness (QED) is 0.596. The average molecular weight is 180 g/mol. The van der Waals surface area contributed by atoms with Crippen molar-refractivity contribution in [3.8, 4) is 0 Å². The van der Waals surface area contributed by atoms with E-state index in [0.717, 1.165) is 28.3 Å². The summed E-state index contributed by atoms with van der Waals surface area (Å²) in [5.41, 5.74) is 15.1. The Balaban J connectivity index is 2.97. The lowest BCUT2D eigenvalue weighted by Crippen LogP contribution is -1.96. The normalized spacial score (nSPS) is 10.8. The second kappa shape index (κ2) is 2.31. The molecule has 1 aromatic carbocycles. The van der Waals surface area contributed by atoms with E-state index in [1.54, 1.807) is 0 Å². The van der Waals surface area contributed by atoms with E-state index in [1.165, 1.54) is 0 Å². The summed E-state index contributed by atoms with van der Waals surface area (Å²) in [7, 11) is 0. The Labute approximate surface area is 73.5 Å². The highest BCUT2D eigenvalue weighted by molar-refractivity contribution is 7.00. The van der Waals surface area contributed by atoms with Crippen LogP contribution >= 0.6 is 11.7 Å². The fourth-order valence-corrected chi connectivity index (χ4v) is 1.76. The molecule has 0 aliphatic carbocycles. The van der Waals surface area contributed by atoms with E-state index in [2.05, 4.69) is 8.75 Å². The van der Waals surface area contributed by atoms with Crippen LogP contribution in [0.5, 0.6) is 0 Å². The number of nitrogen functional groups attached to an aromatic ring is 2. The number of hydrogen-bond donors (Lipinski definition) is 2. The van der Waals surface area contributed by atoms with Crippen molar-refractivity contribution < 1.29 is 0 Å². The summed E-state index contributed by atoms with van der Waals surface area (Å²) in [6, 6.07) is 1.82. The molecule has 0 fully saturated rings. The fourth-order valence-electron chi connectivity index (χ4n) is 1.14. The van der Waals surface area contributed by atoms with Crippen LogP contribution in [0.4, 0.5) is 11.4 Å². The van der Waals surface area contributed by atoms with E-state index < -0.39 is 0 Å². The molecule has 0 spiro atoms. The van der Waals surface area contributed by atoms with E-state index in [9.17, 15) is 0 Å². The third kappa shape index (κ3) is 0.831. The number of rotatable bonds is 0. The minimum atomic E-state index is 0.532. The van der Waals surface area contributed by atoms with Crippen molar-refractivity contribution in [2.75, 3.05) is 11.5 Å². The molecule has 0 aliphatic heterocycles. The second-order valence-corrected chi connectivity index (χ2v) is 3.19. The lowest BCUT2D eigenvalue weighted by atomic mass is 10.1. The molecule has 4 N–H and O–H groups in total. The van der Waals surface area contributed by atoms with E-state index in [0.29, 0.717) is 11.4 Å². The molecule has 2 aromatic rings. The molecule has 12 heavy (non-hydrogen) atoms. The molecule has 1 heterocycles. The van der Waals surface area contributed by atoms with E-state index in [4.69, 9.17) is 11.5 Å². The van der Waals surface area contributed by atoms with Crippen LogP contribution in [0.2, 0.25) is 0 Å². The summed E-state index contributed by atoms with van der Waals surface area (Å²) in [5.74, 6) is 0. The monoisotopic (exact) mass is 180 g/mol. The largest absolute Gasteiger partial charge is 0.397 e. The Morgan fingerprint density at radius 3 is 2.67 bits per heavy atom. The van der Waals surface area contributed by atoms with Crippen LogP contribution < -0.4 is 11.5 Å². The molecule has 0 unspecified atom stereocenters. The predicted octanol–water partition coefficient (Wildman–Crippen LogP) is 1.16. The van der Waals surface area contributed by atoms with E-state index in [1.807, 2.05) is 13.0 Å². The number of anilines is 2. The highest BCUT2D eigenvalue weighted by Gasteiger charge is 2.08. The molecule has 0 atom stereocenters. The first-order chi connectivity index (χ1) is 5.70. The molecule has 4 nitrogen and oxygen atoms in total. The summed E-state index contributed by atoms with van der Waals surface area (Å²) >= 11 is 1.15. The molecular formula is C7H8N4S. The molecule has 0 saturated carbocycles. The number of fused-ring (bicyclic) bond motifs is 1. The molecule has 0 bridgehead atoms.